The van der Waals surface area contributed by atoms with Gasteiger partial charge in [0.25, 0.3) is 0 Å². The zero-order chi connectivity index (χ0) is 34.3. The van der Waals surface area contributed by atoms with Gasteiger partial charge in [-0.05, 0) is 123 Å². The molecule has 8 nitrogen and oxygen atoms in total. The lowest BCUT2D eigenvalue weighted by Gasteiger charge is -2.20. The third kappa shape index (κ3) is 6.47. The van der Waals surface area contributed by atoms with E-state index in [-0.39, 0.29) is 48.7 Å². The summed E-state index contributed by atoms with van der Waals surface area (Å²) < 4.78 is 11.6. The number of hydrogen-bond donors (Lipinski definition) is 0. The predicted molar refractivity (Wildman–Crippen MR) is 185 cm³/mol. The normalized spacial score (nSPS) is 18.1. The second-order valence-electron chi connectivity index (χ2n) is 13.2. The van der Waals surface area contributed by atoms with Gasteiger partial charge < -0.3 is 9.47 Å². The topological polar surface area (TPSA) is 93.2 Å². The molecule has 246 valence electrons. The fraction of sp³-hybridized carbons (Fsp3) is 0.300. The maximum absolute atomic E-state index is 13.7. The molecule has 2 aliphatic heterocycles. The number of amides is 4. The first kappa shape index (κ1) is 32.7. The molecule has 6 rings (SSSR count). The minimum absolute atomic E-state index is 0.00989. The molecule has 0 spiro atoms. The summed E-state index contributed by atoms with van der Waals surface area (Å²) in [5.41, 5.74) is 5.84. The van der Waals surface area contributed by atoms with Crippen molar-refractivity contribution in [3.05, 3.63) is 107 Å². The monoisotopic (exact) mass is 644 g/mol. The van der Waals surface area contributed by atoms with Crippen LogP contribution in [0.3, 0.4) is 0 Å². The van der Waals surface area contributed by atoms with Crippen LogP contribution in [-0.2, 0) is 19.2 Å². The molecule has 0 saturated carbocycles. The summed E-state index contributed by atoms with van der Waals surface area (Å²) in [5.74, 6) is -0.905. The first-order valence-corrected chi connectivity index (χ1v) is 16.4. The second kappa shape index (κ2) is 13.1. The third-order valence-electron chi connectivity index (χ3n) is 8.65. The standard InChI is InChI=1S/C40H40N2O6/c1-23(2)47-32-11-7-9-28(19-32)34-21-37(43)41(39(34)45)31-16-25(5)15-30(18-31)27-13-14-36(26(6)17-27)42-38(44)22-35(40(42)46)29-10-8-12-33(20-29)48-24(3)4/h7-20,23-24,34-35H,21-22H2,1-6H3. The number of carbonyl (C=O) groups excluding carboxylic acids is 4. The van der Waals surface area contributed by atoms with Crippen LogP contribution in [0.4, 0.5) is 11.4 Å². The van der Waals surface area contributed by atoms with E-state index in [2.05, 4.69) is 0 Å². The molecule has 2 heterocycles. The SMILES string of the molecule is Cc1cc(-c2ccc(N3C(=O)CC(c4cccc(OC(C)C)c4)C3=O)c(C)c2)cc(N2C(=O)CC(c3cccc(OC(C)C)c3)C2=O)c1. The molecule has 48 heavy (non-hydrogen) atoms. The molecular formula is C40H40N2O6. The lowest BCUT2D eigenvalue weighted by Crippen LogP contribution is -2.30. The van der Waals surface area contributed by atoms with Gasteiger partial charge in [0.2, 0.25) is 23.6 Å². The van der Waals surface area contributed by atoms with E-state index in [1.807, 2.05) is 120 Å². The second-order valence-corrected chi connectivity index (χ2v) is 13.2. The molecule has 2 aliphatic rings. The molecule has 4 aromatic carbocycles. The molecule has 4 amide bonds. The Labute approximate surface area is 281 Å². The smallest absolute Gasteiger partial charge is 0.241 e. The van der Waals surface area contributed by atoms with E-state index >= 15 is 0 Å². The molecule has 4 aromatic rings. The van der Waals surface area contributed by atoms with E-state index in [1.165, 1.54) is 9.80 Å². The summed E-state index contributed by atoms with van der Waals surface area (Å²) in [5, 5.41) is 0. The highest BCUT2D eigenvalue weighted by Gasteiger charge is 2.42. The number of carbonyl (C=O) groups is 4. The van der Waals surface area contributed by atoms with E-state index in [1.54, 1.807) is 6.07 Å². The largest absolute Gasteiger partial charge is 0.491 e. The molecule has 0 N–H and O–H groups in total. The van der Waals surface area contributed by atoms with Crippen molar-refractivity contribution >= 4 is 35.0 Å². The number of aryl methyl sites for hydroxylation is 2. The zero-order valence-electron chi connectivity index (χ0n) is 28.2. The van der Waals surface area contributed by atoms with Gasteiger partial charge in [-0.25, -0.2) is 9.80 Å². The Morgan fingerprint density at radius 2 is 1.15 bits per heavy atom. The van der Waals surface area contributed by atoms with Crippen LogP contribution in [0.1, 0.15) is 74.6 Å². The number of hydrogen-bond acceptors (Lipinski definition) is 6. The van der Waals surface area contributed by atoms with E-state index < -0.39 is 11.8 Å². The maximum atomic E-state index is 13.7. The fourth-order valence-electron chi connectivity index (χ4n) is 6.61. The van der Waals surface area contributed by atoms with Crippen molar-refractivity contribution < 1.29 is 28.7 Å². The minimum Gasteiger partial charge on any atom is -0.491 e. The van der Waals surface area contributed by atoms with E-state index in [0.717, 1.165) is 33.4 Å². The number of rotatable bonds is 9. The summed E-state index contributed by atoms with van der Waals surface area (Å²) >= 11 is 0. The van der Waals surface area contributed by atoms with Crippen molar-refractivity contribution in [2.45, 2.75) is 78.4 Å². The summed E-state index contributed by atoms with van der Waals surface area (Å²) in [4.78, 5) is 56.4. The molecular weight excluding hydrogens is 604 g/mol. The Hall–Kier alpha value is -5.24. The van der Waals surface area contributed by atoms with Crippen LogP contribution in [0.2, 0.25) is 0 Å². The van der Waals surface area contributed by atoms with Crippen LogP contribution in [0.5, 0.6) is 11.5 Å². The Kier molecular flexibility index (Phi) is 8.93. The van der Waals surface area contributed by atoms with Crippen molar-refractivity contribution in [1.29, 1.82) is 0 Å². The van der Waals surface area contributed by atoms with Crippen molar-refractivity contribution in [3.8, 4) is 22.6 Å². The van der Waals surface area contributed by atoms with Gasteiger partial charge in [0.15, 0.2) is 0 Å². The van der Waals surface area contributed by atoms with E-state index in [0.29, 0.717) is 22.9 Å². The third-order valence-corrected chi connectivity index (χ3v) is 8.65. The zero-order valence-corrected chi connectivity index (χ0v) is 28.2. The Balaban J connectivity index is 1.25. The van der Waals surface area contributed by atoms with Gasteiger partial charge in [-0.2, -0.15) is 0 Å². The van der Waals surface area contributed by atoms with Gasteiger partial charge in [-0.15, -0.1) is 0 Å². The number of ether oxygens (including phenoxy) is 2. The number of benzene rings is 4. The Bertz CT molecular complexity index is 1930. The molecule has 0 bridgehead atoms. The lowest BCUT2D eigenvalue weighted by atomic mass is 9.97. The molecule has 2 saturated heterocycles. The van der Waals surface area contributed by atoms with E-state index in [4.69, 9.17) is 9.47 Å². The number of anilines is 2. The highest BCUT2D eigenvalue weighted by molar-refractivity contribution is 6.24. The number of nitrogens with zero attached hydrogens (tertiary/aromatic N) is 2. The highest BCUT2D eigenvalue weighted by atomic mass is 16.5. The molecule has 2 unspecified atom stereocenters. The van der Waals surface area contributed by atoms with Crippen molar-refractivity contribution in [2.75, 3.05) is 9.80 Å². The van der Waals surface area contributed by atoms with Crippen LogP contribution in [0.25, 0.3) is 11.1 Å². The Morgan fingerprint density at radius 3 is 1.69 bits per heavy atom. The predicted octanol–water partition coefficient (Wildman–Crippen LogP) is 7.64. The van der Waals surface area contributed by atoms with Gasteiger partial charge in [-0.3, -0.25) is 19.2 Å². The Morgan fingerprint density at radius 1 is 0.604 bits per heavy atom. The van der Waals surface area contributed by atoms with Crippen LogP contribution < -0.4 is 19.3 Å². The maximum Gasteiger partial charge on any atom is 0.241 e. The summed E-state index contributed by atoms with van der Waals surface area (Å²) in [7, 11) is 0. The summed E-state index contributed by atoms with van der Waals surface area (Å²) in [6, 6.07) is 26.0. The van der Waals surface area contributed by atoms with Crippen molar-refractivity contribution in [2.24, 2.45) is 0 Å². The van der Waals surface area contributed by atoms with E-state index in [9.17, 15) is 19.2 Å². The fourth-order valence-corrected chi connectivity index (χ4v) is 6.61. The highest BCUT2D eigenvalue weighted by Crippen LogP contribution is 2.39. The van der Waals surface area contributed by atoms with Gasteiger partial charge in [0.1, 0.15) is 11.5 Å². The summed E-state index contributed by atoms with van der Waals surface area (Å²) in [6.07, 6.45) is 0.140. The van der Waals surface area contributed by atoms with Gasteiger partial charge in [0.05, 0.1) is 35.4 Å². The minimum atomic E-state index is -0.594. The van der Waals surface area contributed by atoms with Gasteiger partial charge in [-0.1, -0.05) is 36.4 Å². The molecule has 2 atom stereocenters. The number of imide groups is 2. The van der Waals surface area contributed by atoms with Crippen LogP contribution in [0.15, 0.2) is 84.9 Å². The molecule has 0 aliphatic carbocycles. The van der Waals surface area contributed by atoms with Gasteiger partial charge in [0, 0.05) is 12.8 Å². The van der Waals surface area contributed by atoms with Crippen molar-refractivity contribution in [1.82, 2.24) is 0 Å². The quantitative estimate of drug-likeness (QED) is 0.174. The summed E-state index contributed by atoms with van der Waals surface area (Å²) in [6.45, 7) is 11.6. The molecule has 0 aromatic heterocycles. The van der Waals surface area contributed by atoms with Crippen LogP contribution in [0, 0.1) is 13.8 Å². The van der Waals surface area contributed by atoms with Gasteiger partial charge >= 0.3 is 0 Å². The molecule has 2 fully saturated rings. The first-order chi connectivity index (χ1) is 22.9. The van der Waals surface area contributed by atoms with Crippen LogP contribution in [-0.4, -0.2) is 35.8 Å². The van der Waals surface area contributed by atoms with Crippen molar-refractivity contribution in [3.63, 3.8) is 0 Å². The first-order valence-electron chi connectivity index (χ1n) is 16.4. The average Bonchev–Trinajstić information content (AvgIpc) is 3.49. The van der Waals surface area contributed by atoms with Crippen LogP contribution >= 0.6 is 0 Å². The average molecular weight is 645 g/mol. The molecule has 8 heteroatoms. The lowest BCUT2D eigenvalue weighted by molar-refractivity contribution is -0.123. The molecule has 0 radical (unpaired) electrons.